The number of benzene rings is 1. The minimum atomic E-state index is 0.579. The molecule has 1 aliphatic rings. The molecule has 0 radical (unpaired) electrons. The van der Waals surface area contributed by atoms with Crippen LogP contribution in [0, 0.1) is 0 Å². The average Bonchev–Trinajstić information content (AvgIpc) is 2.90. The Kier molecular flexibility index (Phi) is 4.48. The molecule has 1 aliphatic heterocycles. The summed E-state index contributed by atoms with van der Waals surface area (Å²) in [4.78, 5) is 0. The predicted octanol–water partition coefficient (Wildman–Crippen LogP) is 2.56. The first-order valence-electron chi connectivity index (χ1n) is 6.75. The average molecular weight is 249 g/mol. The Bertz CT molecular complexity index is 398. The molecule has 1 atom stereocenters. The van der Waals surface area contributed by atoms with Gasteiger partial charge >= 0.3 is 0 Å². The molecule has 1 aromatic carbocycles. The van der Waals surface area contributed by atoms with E-state index >= 15 is 0 Å². The molecule has 2 rings (SSSR count). The van der Waals surface area contributed by atoms with Gasteiger partial charge in [0.15, 0.2) is 11.5 Å². The molecule has 1 fully saturated rings. The topological polar surface area (TPSA) is 30.5 Å². The quantitative estimate of drug-likeness (QED) is 0.870. The van der Waals surface area contributed by atoms with Gasteiger partial charge in [0, 0.05) is 6.04 Å². The molecule has 3 nitrogen and oxygen atoms in total. The summed E-state index contributed by atoms with van der Waals surface area (Å²) >= 11 is 0. The molecule has 1 saturated heterocycles. The van der Waals surface area contributed by atoms with E-state index in [2.05, 4.69) is 24.4 Å². The molecule has 0 bridgehead atoms. The Hall–Kier alpha value is -1.22. The van der Waals surface area contributed by atoms with Crippen LogP contribution in [0.1, 0.15) is 30.9 Å². The molecule has 0 saturated carbocycles. The summed E-state index contributed by atoms with van der Waals surface area (Å²) in [6.07, 6.45) is 4.57. The van der Waals surface area contributed by atoms with Gasteiger partial charge in [0.05, 0.1) is 14.2 Å². The number of nitrogens with one attached hydrogen (secondary N) is 1. The predicted molar refractivity (Wildman–Crippen MR) is 73.7 cm³/mol. The van der Waals surface area contributed by atoms with Gasteiger partial charge in [-0.25, -0.2) is 0 Å². The maximum Gasteiger partial charge on any atom is 0.163 e. The molecule has 1 aromatic rings. The largest absolute Gasteiger partial charge is 0.493 e. The van der Waals surface area contributed by atoms with E-state index in [0.717, 1.165) is 30.9 Å². The van der Waals surface area contributed by atoms with Crippen LogP contribution < -0.4 is 14.8 Å². The van der Waals surface area contributed by atoms with E-state index in [9.17, 15) is 0 Å². The SMILES string of the molecule is CCc1cc(CC2CCCN2)c(OC)c(OC)c1. The van der Waals surface area contributed by atoms with E-state index < -0.39 is 0 Å². The highest BCUT2D eigenvalue weighted by Crippen LogP contribution is 2.34. The molecule has 0 amide bonds. The monoisotopic (exact) mass is 249 g/mol. The summed E-state index contributed by atoms with van der Waals surface area (Å²) in [6, 6.07) is 4.90. The lowest BCUT2D eigenvalue weighted by Crippen LogP contribution is -2.24. The van der Waals surface area contributed by atoms with Gasteiger partial charge in [0.2, 0.25) is 0 Å². The third-order valence-corrected chi connectivity index (χ3v) is 3.65. The fraction of sp³-hybridized carbons (Fsp3) is 0.600. The number of rotatable bonds is 5. The third kappa shape index (κ3) is 2.78. The van der Waals surface area contributed by atoms with E-state index in [1.54, 1.807) is 14.2 Å². The summed E-state index contributed by atoms with van der Waals surface area (Å²) in [5.41, 5.74) is 2.56. The second kappa shape index (κ2) is 6.10. The fourth-order valence-electron chi connectivity index (χ4n) is 2.66. The van der Waals surface area contributed by atoms with Gasteiger partial charge in [-0.3, -0.25) is 0 Å². The summed E-state index contributed by atoms with van der Waals surface area (Å²) in [5.74, 6) is 1.74. The Morgan fingerprint density at radius 3 is 2.67 bits per heavy atom. The summed E-state index contributed by atoms with van der Waals surface area (Å²) in [6.45, 7) is 3.30. The molecule has 0 spiro atoms. The normalized spacial score (nSPS) is 18.9. The summed E-state index contributed by atoms with van der Waals surface area (Å²) in [5, 5.41) is 3.53. The van der Waals surface area contributed by atoms with Crippen LogP contribution in [0.5, 0.6) is 11.5 Å². The number of hydrogen-bond donors (Lipinski definition) is 1. The minimum Gasteiger partial charge on any atom is -0.493 e. The van der Waals surface area contributed by atoms with Crippen molar-refractivity contribution in [2.45, 2.75) is 38.6 Å². The van der Waals surface area contributed by atoms with E-state index in [4.69, 9.17) is 9.47 Å². The molecule has 1 heterocycles. The van der Waals surface area contributed by atoms with Crippen molar-refractivity contribution >= 4 is 0 Å². The van der Waals surface area contributed by atoms with Gasteiger partial charge in [-0.15, -0.1) is 0 Å². The van der Waals surface area contributed by atoms with Gasteiger partial charge in [0.1, 0.15) is 0 Å². The Morgan fingerprint density at radius 1 is 1.28 bits per heavy atom. The van der Waals surface area contributed by atoms with Gasteiger partial charge in [-0.1, -0.05) is 13.0 Å². The molecule has 0 aliphatic carbocycles. The van der Waals surface area contributed by atoms with Crippen LogP contribution in [0.4, 0.5) is 0 Å². The lowest BCUT2D eigenvalue weighted by molar-refractivity contribution is 0.350. The lowest BCUT2D eigenvalue weighted by atomic mass is 9.99. The Morgan fingerprint density at radius 2 is 2.11 bits per heavy atom. The second-order valence-corrected chi connectivity index (χ2v) is 4.84. The van der Waals surface area contributed by atoms with E-state index in [1.165, 1.54) is 24.0 Å². The molecule has 3 heteroatoms. The fourth-order valence-corrected chi connectivity index (χ4v) is 2.66. The zero-order chi connectivity index (χ0) is 13.0. The van der Waals surface area contributed by atoms with Gasteiger partial charge in [-0.2, -0.15) is 0 Å². The Labute approximate surface area is 109 Å². The summed E-state index contributed by atoms with van der Waals surface area (Å²) < 4.78 is 11.0. The maximum atomic E-state index is 5.52. The Balaban J connectivity index is 2.29. The molecular formula is C15H23NO2. The number of hydrogen-bond acceptors (Lipinski definition) is 3. The molecular weight excluding hydrogens is 226 g/mol. The van der Waals surface area contributed by atoms with Gasteiger partial charge in [0.25, 0.3) is 0 Å². The zero-order valence-electron chi connectivity index (χ0n) is 11.6. The molecule has 0 aromatic heterocycles. The number of aryl methyl sites for hydroxylation is 1. The first-order valence-corrected chi connectivity index (χ1v) is 6.75. The van der Waals surface area contributed by atoms with Crippen molar-refractivity contribution in [2.75, 3.05) is 20.8 Å². The molecule has 1 unspecified atom stereocenters. The van der Waals surface area contributed by atoms with Gasteiger partial charge < -0.3 is 14.8 Å². The van der Waals surface area contributed by atoms with Crippen LogP contribution in [0.15, 0.2) is 12.1 Å². The standard InChI is InChI=1S/C15H23NO2/c1-4-11-8-12(10-13-6-5-7-16-13)15(18-3)14(9-11)17-2/h8-9,13,16H,4-7,10H2,1-3H3. The van der Waals surface area contributed by atoms with Crippen LogP contribution in [0.25, 0.3) is 0 Å². The van der Waals surface area contributed by atoms with Crippen LogP contribution >= 0.6 is 0 Å². The maximum absolute atomic E-state index is 5.52. The summed E-state index contributed by atoms with van der Waals surface area (Å²) in [7, 11) is 3.42. The van der Waals surface area contributed by atoms with E-state index in [1.807, 2.05) is 0 Å². The second-order valence-electron chi connectivity index (χ2n) is 4.84. The zero-order valence-corrected chi connectivity index (χ0v) is 11.6. The smallest absolute Gasteiger partial charge is 0.163 e. The first-order chi connectivity index (χ1) is 8.78. The first kappa shape index (κ1) is 13.2. The number of ether oxygens (including phenoxy) is 2. The van der Waals surface area contributed by atoms with Crippen LogP contribution in [-0.4, -0.2) is 26.8 Å². The van der Waals surface area contributed by atoms with Crippen molar-refractivity contribution in [3.63, 3.8) is 0 Å². The van der Waals surface area contributed by atoms with Crippen molar-refractivity contribution < 1.29 is 9.47 Å². The lowest BCUT2D eigenvalue weighted by Gasteiger charge is -2.17. The van der Waals surface area contributed by atoms with Gasteiger partial charge in [-0.05, 0) is 49.4 Å². The third-order valence-electron chi connectivity index (χ3n) is 3.65. The molecule has 1 N–H and O–H groups in total. The highest BCUT2D eigenvalue weighted by molar-refractivity contribution is 5.50. The van der Waals surface area contributed by atoms with Crippen molar-refractivity contribution in [3.05, 3.63) is 23.3 Å². The highest BCUT2D eigenvalue weighted by Gasteiger charge is 2.19. The van der Waals surface area contributed by atoms with Crippen molar-refractivity contribution in [3.8, 4) is 11.5 Å². The van der Waals surface area contributed by atoms with E-state index in [0.29, 0.717) is 6.04 Å². The van der Waals surface area contributed by atoms with Crippen LogP contribution in [-0.2, 0) is 12.8 Å². The van der Waals surface area contributed by atoms with E-state index in [-0.39, 0.29) is 0 Å². The van der Waals surface area contributed by atoms with Crippen LogP contribution in [0.2, 0.25) is 0 Å². The van der Waals surface area contributed by atoms with Crippen molar-refractivity contribution in [2.24, 2.45) is 0 Å². The van der Waals surface area contributed by atoms with Crippen molar-refractivity contribution in [1.29, 1.82) is 0 Å². The van der Waals surface area contributed by atoms with Crippen molar-refractivity contribution in [1.82, 2.24) is 5.32 Å². The highest BCUT2D eigenvalue weighted by atomic mass is 16.5. The van der Waals surface area contributed by atoms with Crippen LogP contribution in [0.3, 0.4) is 0 Å². The minimum absolute atomic E-state index is 0.579. The molecule has 100 valence electrons. The number of methoxy groups -OCH3 is 2. The molecule has 18 heavy (non-hydrogen) atoms.